The first-order valence-corrected chi connectivity index (χ1v) is 5.23. The maximum Gasteiger partial charge on any atom is 0.147 e. The van der Waals surface area contributed by atoms with E-state index in [0.29, 0.717) is 18.5 Å². The summed E-state index contributed by atoms with van der Waals surface area (Å²) in [6.45, 7) is 4.72. The fourth-order valence-electron chi connectivity index (χ4n) is 1.85. The lowest BCUT2D eigenvalue weighted by Gasteiger charge is -2.02. The molecule has 0 amide bonds. The third-order valence-electron chi connectivity index (χ3n) is 2.60. The topological polar surface area (TPSA) is 66.0 Å². The predicted molar refractivity (Wildman–Crippen MR) is 63.0 cm³/mol. The molecule has 5 heteroatoms. The molecule has 0 spiro atoms. The molecule has 0 aliphatic carbocycles. The van der Waals surface area contributed by atoms with Crippen LogP contribution in [0, 0.1) is 0 Å². The number of nitrogen functional groups attached to an aromatic ring is 1. The molecule has 0 aromatic carbocycles. The predicted octanol–water partition coefficient (Wildman–Crippen LogP) is 1.74. The van der Waals surface area contributed by atoms with E-state index in [4.69, 9.17) is 10.5 Å². The van der Waals surface area contributed by atoms with Crippen LogP contribution in [0.1, 0.15) is 25.3 Å². The van der Waals surface area contributed by atoms with Gasteiger partial charge in [0.1, 0.15) is 24.5 Å². The quantitative estimate of drug-likeness (QED) is 0.855. The lowest BCUT2D eigenvalue weighted by molar-refractivity contribution is 0.134. The molecule has 2 aromatic heterocycles. The van der Waals surface area contributed by atoms with Gasteiger partial charge in [0, 0.05) is 13.3 Å². The molecule has 2 heterocycles. The summed E-state index contributed by atoms with van der Waals surface area (Å²) in [7, 11) is 1.66. The minimum absolute atomic E-state index is 0.383. The summed E-state index contributed by atoms with van der Waals surface area (Å²) in [5.41, 5.74) is 7.89. The average molecular weight is 220 g/mol. The average Bonchev–Trinajstić information content (AvgIpc) is 2.60. The number of anilines is 1. The first-order valence-electron chi connectivity index (χ1n) is 5.23. The molecule has 2 N–H and O–H groups in total. The molecular weight excluding hydrogens is 204 g/mol. The van der Waals surface area contributed by atoms with Gasteiger partial charge in [0.05, 0.1) is 5.39 Å². The van der Waals surface area contributed by atoms with E-state index >= 15 is 0 Å². The van der Waals surface area contributed by atoms with Crippen molar-refractivity contribution in [2.75, 3.05) is 12.8 Å². The van der Waals surface area contributed by atoms with Gasteiger partial charge in [-0.1, -0.05) is 13.8 Å². The Balaban J connectivity index is 2.71. The number of hydrogen-bond donors (Lipinski definition) is 1. The number of aromatic nitrogens is 3. The Morgan fingerprint density at radius 1 is 1.44 bits per heavy atom. The molecule has 0 unspecified atom stereocenters. The zero-order valence-corrected chi connectivity index (χ0v) is 9.77. The lowest BCUT2D eigenvalue weighted by Crippen LogP contribution is -2.00. The zero-order chi connectivity index (χ0) is 11.7. The van der Waals surface area contributed by atoms with E-state index in [9.17, 15) is 0 Å². The molecule has 0 saturated heterocycles. The number of fused-ring (bicyclic) bond motifs is 1. The highest BCUT2D eigenvalue weighted by Gasteiger charge is 2.15. The highest BCUT2D eigenvalue weighted by Crippen LogP contribution is 2.29. The van der Waals surface area contributed by atoms with Gasteiger partial charge in [0.2, 0.25) is 0 Å². The van der Waals surface area contributed by atoms with Gasteiger partial charge < -0.3 is 15.0 Å². The van der Waals surface area contributed by atoms with Crippen molar-refractivity contribution in [3.05, 3.63) is 18.1 Å². The van der Waals surface area contributed by atoms with E-state index in [0.717, 1.165) is 16.6 Å². The van der Waals surface area contributed by atoms with E-state index in [1.165, 1.54) is 6.33 Å². The highest BCUT2D eigenvalue weighted by molar-refractivity contribution is 5.90. The van der Waals surface area contributed by atoms with Gasteiger partial charge in [-0.25, -0.2) is 9.97 Å². The van der Waals surface area contributed by atoms with Crippen LogP contribution < -0.4 is 5.73 Å². The van der Waals surface area contributed by atoms with Crippen molar-refractivity contribution >= 4 is 16.9 Å². The lowest BCUT2D eigenvalue weighted by atomic mass is 10.0. The van der Waals surface area contributed by atoms with Gasteiger partial charge >= 0.3 is 0 Å². The van der Waals surface area contributed by atoms with Gasteiger partial charge in [-0.3, -0.25) is 0 Å². The first-order chi connectivity index (χ1) is 7.65. The largest absolute Gasteiger partial charge is 0.383 e. The second-order valence-corrected chi connectivity index (χ2v) is 4.08. The van der Waals surface area contributed by atoms with Crippen molar-refractivity contribution in [1.29, 1.82) is 0 Å². The summed E-state index contributed by atoms with van der Waals surface area (Å²) in [6, 6.07) is 0. The molecule has 0 atom stereocenters. The van der Waals surface area contributed by atoms with E-state index in [-0.39, 0.29) is 0 Å². The molecule has 0 saturated carbocycles. The Labute approximate surface area is 94.2 Å². The summed E-state index contributed by atoms with van der Waals surface area (Å²) >= 11 is 0. The van der Waals surface area contributed by atoms with Crippen molar-refractivity contribution < 1.29 is 4.74 Å². The monoisotopic (exact) mass is 220 g/mol. The van der Waals surface area contributed by atoms with Crippen molar-refractivity contribution in [3.63, 3.8) is 0 Å². The van der Waals surface area contributed by atoms with Crippen LogP contribution in [0.15, 0.2) is 12.5 Å². The maximum absolute atomic E-state index is 5.90. The van der Waals surface area contributed by atoms with Crippen LogP contribution in [0.25, 0.3) is 11.0 Å². The van der Waals surface area contributed by atoms with Crippen molar-refractivity contribution in [2.45, 2.75) is 26.5 Å². The van der Waals surface area contributed by atoms with Crippen LogP contribution in [0.4, 0.5) is 5.82 Å². The molecule has 0 fully saturated rings. The molecule has 0 radical (unpaired) electrons. The number of nitrogens with two attached hydrogens (primary N) is 1. The molecular formula is C11H16N4O. The van der Waals surface area contributed by atoms with E-state index in [2.05, 4.69) is 23.8 Å². The van der Waals surface area contributed by atoms with Crippen LogP contribution in [0.3, 0.4) is 0 Å². The van der Waals surface area contributed by atoms with Gasteiger partial charge in [0.15, 0.2) is 0 Å². The van der Waals surface area contributed by atoms with Crippen molar-refractivity contribution in [3.8, 4) is 0 Å². The minimum Gasteiger partial charge on any atom is -0.383 e. The Morgan fingerprint density at radius 3 is 2.81 bits per heavy atom. The van der Waals surface area contributed by atoms with Crippen molar-refractivity contribution in [2.24, 2.45) is 0 Å². The summed E-state index contributed by atoms with van der Waals surface area (Å²) < 4.78 is 7.08. The van der Waals surface area contributed by atoms with Crippen LogP contribution in [0.5, 0.6) is 0 Å². The molecule has 5 nitrogen and oxygen atoms in total. The van der Waals surface area contributed by atoms with Gasteiger partial charge in [-0.05, 0) is 11.5 Å². The Kier molecular flexibility index (Phi) is 2.78. The van der Waals surface area contributed by atoms with E-state index in [1.54, 1.807) is 7.11 Å². The van der Waals surface area contributed by atoms with Crippen molar-refractivity contribution in [1.82, 2.24) is 14.5 Å². The molecule has 16 heavy (non-hydrogen) atoms. The maximum atomic E-state index is 5.90. The van der Waals surface area contributed by atoms with Crippen LogP contribution >= 0.6 is 0 Å². The number of rotatable bonds is 3. The molecule has 0 aliphatic rings. The molecule has 2 aromatic rings. The normalized spacial score (nSPS) is 11.5. The van der Waals surface area contributed by atoms with Gasteiger partial charge in [-0.15, -0.1) is 0 Å². The fourth-order valence-corrected chi connectivity index (χ4v) is 1.85. The van der Waals surface area contributed by atoms with Gasteiger partial charge in [0.25, 0.3) is 0 Å². The standard InChI is InChI=1S/C11H16N4O/c1-7(2)8-4-15(6-16-3)11-9(8)10(12)13-5-14-11/h4-5,7H,6H2,1-3H3,(H2,12,13,14). The van der Waals surface area contributed by atoms with E-state index < -0.39 is 0 Å². The summed E-state index contributed by atoms with van der Waals surface area (Å²) in [6.07, 6.45) is 3.51. The zero-order valence-electron chi connectivity index (χ0n) is 9.77. The second-order valence-electron chi connectivity index (χ2n) is 4.08. The number of hydrogen-bond acceptors (Lipinski definition) is 4. The Bertz CT molecular complexity index is 504. The summed E-state index contributed by atoms with van der Waals surface area (Å²) in [5.74, 6) is 0.914. The van der Waals surface area contributed by atoms with E-state index in [1.807, 2.05) is 10.8 Å². The molecule has 0 aliphatic heterocycles. The molecule has 2 rings (SSSR count). The first kappa shape index (κ1) is 10.9. The number of ether oxygens (including phenoxy) is 1. The van der Waals surface area contributed by atoms with Crippen LogP contribution in [-0.2, 0) is 11.5 Å². The number of nitrogens with zero attached hydrogens (tertiary/aromatic N) is 3. The molecule has 0 bridgehead atoms. The van der Waals surface area contributed by atoms with Gasteiger partial charge in [-0.2, -0.15) is 0 Å². The second kappa shape index (κ2) is 4.09. The fraction of sp³-hybridized carbons (Fsp3) is 0.455. The highest BCUT2D eigenvalue weighted by atomic mass is 16.5. The summed E-state index contributed by atoms with van der Waals surface area (Å²) in [5, 5.41) is 0.939. The molecule has 86 valence electrons. The van der Waals surface area contributed by atoms with Crippen LogP contribution in [0.2, 0.25) is 0 Å². The smallest absolute Gasteiger partial charge is 0.147 e. The number of methoxy groups -OCH3 is 1. The minimum atomic E-state index is 0.383. The summed E-state index contributed by atoms with van der Waals surface area (Å²) in [4.78, 5) is 8.29. The third-order valence-corrected chi connectivity index (χ3v) is 2.60. The third kappa shape index (κ3) is 1.63. The SMILES string of the molecule is COCn1cc(C(C)C)c2c(N)ncnc21. The Hall–Kier alpha value is -1.62. The Morgan fingerprint density at radius 2 is 2.19 bits per heavy atom. The van der Waals surface area contributed by atoms with Crippen LogP contribution in [-0.4, -0.2) is 21.6 Å².